The average Bonchev–Trinajstić information content (AvgIpc) is 2.86. The lowest BCUT2D eigenvalue weighted by atomic mass is 9.93. The highest BCUT2D eigenvalue weighted by atomic mass is 35.5. The Kier molecular flexibility index (Phi) is 8.50. The van der Waals surface area contributed by atoms with Gasteiger partial charge in [0.25, 0.3) is 0 Å². The van der Waals surface area contributed by atoms with Crippen LogP contribution in [0.15, 0.2) is 73.4 Å². The maximum Gasteiger partial charge on any atom is 0.102 e. The largest absolute Gasteiger partial charge is 0.359 e. The molecule has 1 fully saturated rings. The highest BCUT2D eigenvalue weighted by molar-refractivity contribution is 6.36. The number of nitrogens with one attached hydrogen (secondary N) is 1. The van der Waals surface area contributed by atoms with E-state index >= 15 is 0 Å². The summed E-state index contributed by atoms with van der Waals surface area (Å²) in [5.41, 5.74) is 2.04. The summed E-state index contributed by atoms with van der Waals surface area (Å²) >= 11 is 12.8. The zero-order valence-corrected chi connectivity index (χ0v) is 19.5. The zero-order chi connectivity index (χ0) is 22.3. The van der Waals surface area contributed by atoms with E-state index in [9.17, 15) is 0 Å². The number of rotatable bonds is 5. The first-order chi connectivity index (χ1) is 14.9. The fourth-order valence-electron chi connectivity index (χ4n) is 3.97. The van der Waals surface area contributed by atoms with Crippen LogP contribution in [0.1, 0.15) is 36.5 Å². The molecule has 1 spiro atoms. The predicted octanol–water partition coefficient (Wildman–Crippen LogP) is 7.03. The van der Waals surface area contributed by atoms with Crippen molar-refractivity contribution < 1.29 is 4.74 Å². The lowest BCUT2D eigenvalue weighted by molar-refractivity contribution is -0.0525. The van der Waals surface area contributed by atoms with Gasteiger partial charge in [0.05, 0.1) is 5.60 Å². The smallest absolute Gasteiger partial charge is 0.102 e. The minimum Gasteiger partial charge on any atom is -0.359 e. The van der Waals surface area contributed by atoms with Gasteiger partial charge in [-0.2, -0.15) is 0 Å². The van der Waals surface area contributed by atoms with Crippen LogP contribution in [0.25, 0.3) is 0 Å². The number of ether oxygens (including phenoxy) is 1. The van der Waals surface area contributed by atoms with Crippen molar-refractivity contribution in [1.82, 2.24) is 4.90 Å². The van der Waals surface area contributed by atoms with Crippen LogP contribution in [0.3, 0.4) is 0 Å². The van der Waals surface area contributed by atoms with E-state index in [0.29, 0.717) is 22.3 Å². The molecule has 164 valence electrons. The molecular weight excluding hydrogens is 427 g/mol. The van der Waals surface area contributed by atoms with Crippen LogP contribution in [-0.2, 0) is 4.74 Å². The molecule has 0 radical (unpaired) electrons. The Hall–Kier alpha value is -1.91. The molecule has 2 aliphatic heterocycles. The van der Waals surface area contributed by atoms with Crippen molar-refractivity contribution in [2.75, 3.05) is 19.6 Å². The predicted molar refractivity (Wildman–Crippen MR) is 133 cm³/mol. The lowest BCUT2D eigenvalue weighted by Gasteiger charge is -2.34. The maximum atomic E-state index is 8.17. The van der Waals surface area contributed by atoms with Gasteiger partial charge in [-0.05, 0) is 62.1 Å². The first-order valence-electron chi connectivity index (χ1n) is 10.7. The summed E-state index contributed by atoms with van der Waals surface area (Å²) in [6.45, 7) is 8.04. The molecule has 5 heteroatoms. The second-order valence-electron chi connectivity index (χ2n) is 8.09. The number of nitrogens with zero attached hydrogens (tertiary/aromatic N) is 1. The number of hydrogen-bond donors (Lipinski definition) is 1. The molecule has 1 aromatic carbocycles. The fraction of sp³-hybridized carbons (Fsp3) is 0.346. The van der Waals surface area contributed by atoms with Crippen molar-refractivity contribution in [2.45, 2.75) is 37.9 Å². The van der Waals surface area contributed by atoms with Gasteiger partial charge >= 0.3 is 0 Å². The molecule has 0 aliphatic carbocycles. The number of halogens is 2. The van der Waals surface area contributed by atoms with Crippen LogP contribution < -0.4 is 0 Å². The van der Waals surface area contributed by atoms with Gasteiger partial charge in [0, 0.05) is 28.8 Å². The molecule has 3 nitrogen and oxygen atoms in total. The van der Waals surface area contributed by atoms with Gasteiger partial charge in [-0.3, -0.25) is 4.90 Å². The maximum absolute atomic E-state index is 8.17. The molecule has 3 rings (SSSR count). The summed E-state index contributed by atoms with van der Waals surface area (Å²) in [6, 6.07) is 3.90. The molecule has 1 N–H and O–H groups in total. The van der Waals surface area contributed by atoms with Crippen molar-refractivity contribution in [3.8, 4) is 0 Å². The minimum absolute atomic E-state index is 0.247. The summed E-state index contributed by atoms with van der Waals surface area (Å²) in [7, 11) is 0. The Bertz CT molecular complexity index is 908. The van der Waals surface area contributed by atoms with Gasteiger partial charge in [-0.25, -0.2) is 0 Å². The highest BCUT2D eigenvalue weighted by Crippen LogP contribution is 2.37. The fourth-order valence-corrected chi connectivity index (χ4v) is 4.47. The molecule has 1 saturated heterocycles. The third-order valence-corrected chi connectivity index (χ3v) is 6.55. The molecule has 2 heterocycles. The van der Waals surface area contributed by atoms with Gasteiger partial charge in [-0.15, -0.1) is 0 Å². The highest BCUT2D eigenvalue weighted by Gasteiger charge is 2.34. The second-order valence-corrected chi connectivity index (χ2v) is 8.91. The number of allylic oxidation sites excluding steroid dienone is 6. The Balaban J connectivity index is 1.82. The molecule has 0 amide bonds. The van der Waals surface area contributed by atoms with Crippen LogP contribution in [0, 0.1) is 12.3 Å². The molecule has 0 saturated carbocycles. The molecule has 31 heavy (non-hydrogen) atoms. The standard InChI is InChI=1S/C26H30Cl2N2O/c1-3-4-10-22(29)19-30-15-9-13-26(14-16-30)12-8-6-5-7-11-25(31-26)21-17-23(27)20(2)24(28)18-21/h3-8,10-12,17-18,25,29H,1,9,13-16,19H2,2H3/b6-5-,10-4-,11-7+,12-8+,29-22?. The number of hydrogen-bond acceptors (Lipinski definition) is 3. The van der Waals surface area contributed by atoms with E-state index in [1.54, 1.807) is 12.2 Å². The molecule has 1 aromatic rings. The van der Waals surface area contributed by atoms with E-state index < -0.39 is 0 Å². The third kappa shape index (κ3) is 6.54. The van der Waals surface area contributed by atoms with Gasteiger partial charge in [0.1, 0.15) is 6.10 Å². The second kappa shape index (κ2) is 11.1. The van der Waals surface area contributed by atoms with Crippen molar-refractivity contribution in [3.05, 3.63) is 94.6 Å². The number of likely N-dealkylation sites (tertiary alicyclic amines) is 1. The summed E-state index contributed by atoms with van der Waals surface area (Å²) in [5.74, 6) is 0. The SMILES string of the molecule is C=C/C=C\C(=N)CN1CCCC2(/C=C/C=C\C=C\C(c3cc(Cl)c(C)c(Cl)c3)O2)CC1. The van der Waals surface area contributed by atoms with Crippen LogP contribution >= 0.6 is 23.2 Å². The summed E-state index contributed by atoms with van der Waals surface area (Å²) in [4.78, 5) is 2.33. The molecule has 0 bridgehead atoms. The Morgan fingerprint density at radius 3 is 2.68 bits per heavy atom. The first kappa shape index (κ1) is 23.7. The topological polar surface area (TPSA) is 36.3 Å². The van der Waals surface area contributed by atoms with Crippen molar-refractivity contribution in [2.24, 2.45) is 0 Å². The van der Waals surface area contributed by atoms with E-state index in [2.05, 4.69) is 29.7 Å². The Labute approximate surface area is 195 Å². The van der Waals surface area contributed by atoms with Crippen molar-refractivity contribution in [3.63, 3.8) is 0 Å². The Morgan fingerprint density at radius 1 is 1.19 bits per heavy atom. The quantitative estimate of drug-likeness (QED) is 0.381. The van der Waals surface area contributed by atoms with E-state index in [4.69, 9.17) is 33.3 Å². The molecule has 2 unspecified atom stereocenters. The lowest BCUT2D eigenvalue weighted by Crippen LogP contribution is -2.35. The van der Waals surface area contributed by atoms with Gasteiger partial charge in [0.15, 0.2) is 0 Å². The minimum atomic E-state index is -0.387. The van der Waals surface area contributed by atoms with E-state index in [0.717, 1.165) is 43.5 Å². The van der Waals surface area contributed by atoms with Crippen LogP contribution in [0.4, 0.5) is 0 Å². The molecule has 2 aliphatic rings. The van der Waals surface area contributed by atoms with E-state index in [-0.39, 0.29) is 11.7 Å². The van der Waals surface area contributed by atoms with Crippen LogP contribution in [0.5, 0.6) is 0 Å². The van der Waals surface area contributed by atoms with Crippen LogP contribution in [-0.4, -0.2) is 35.8 Å². The van der Waals surface area contributed by atoms with Crippen LogP contribution in [0.2, 0.25) is 10.0 Å². The van der Waals surface area contributed by atoms with Crippen molar-refractivity contribution in [1.29, 1.82) is 5.41 Å². The summed E-state index contributed by atoms with van der Waals surface area (Å²) in [5, 5.41) is 9.47. The Morgan fingerprint density at radius 2 is 1.94 bits per heavy atom. The van der Waals surface area contributed by atoms with Gasteiger partial charge in [0.2, 0.25) is 0 Å². The first-order valence-corrected chi connectivity index (χ1v) is 11.4. The third-order valence-electron chi connectivity index (χ3n) is 5.77. The van der Waals surface area contributed by atoms with Crippen molar-refractivity contribution >= 4 is 28.9 Å². The molecule has 0 aromatic heterocycles. The normalized spacial score (nSPS) is 27.8. The number of benzene rings is 1. The van der Waals surface area contributed by atoms with Gasteiger partial charge < -0.3 is 10.1 Å². The van der Waals surface area contributed by atoms with E-state index in [1.165, 1.54) is 0 Å². The average molecular weight is 457 g/mol. The zero-order valence-electron chi connectivity index (χ0n) is 18.0. The van der Waals surface area contributed by atoms with Gasteiger partial charge in [-0.1, -0.05) is 78.4 Å². The monoisotopic (exact) mass is 456 g/mol. The molecular formula is C26H30Cl2N2O. The summed E-state index contributed by atoms with van der Waals surface area (Å²) < 4.78 is 6.80. The van der Waals surface area contributed by atoms with E-state index in [1.807, 2.05) is 43.4 Å². The summed E-state index contributed by atoms with van der Waals surface area (Å²) in [6.07, 6.45) is 20.2. The molecule has 2 atom stereocenters.